The fourth-order valence-corrected chi connectivity index (χ4v) is 3.81. The molecule has 0 aliphatic carbocycles. The Bertz CT molecular complexity index is 988. The molecule has 130 valence electrons. The molecule has 3 aromatic rings. The van der Waals surface area contributed by atoms with Crippen molar-refractivity contribution < 1.29 is 4.79 Å². The van der Waals surface area contributed by atoms with Crippen molar-refractivity contribution in [3.8, 4) is 0 Å². The minimum atomic E-state index is -0.0453. The number of aryl methyl sites for hydroxylation is 2. The molecule has 0 saturated carbocycles. The van der Waals surface area contributed by atoms with Gasteiger partial charge in [-0.05, 0) is 38.5 Å². The number of aromatic nitrogens is 3. The van der Waals surface area contributed by atoms with E-state index in [-0.39, 0.29) is 17.1 Å². The number of hydrogen-bond donors (Lipinski definition) is 1. The predicted octanol–water partition coefficient (Wildman–Crippen LogP) is 3.73. The first kappa shape index (κ1) is 17.5. The van der Waals surface area contributed by atoms with Gasteiger partial charge in [-0.3, -0.25) is 14.2 Å². The van der Waals surface area contributed by atoms with Gasteiger partial charge in [-0.15, -0.1) is 0 Å². The molecule has 0 bridgehead atoms. The average Bonchev–Trinajstić information content (AvgIpc) is 2.94. The van der Waals surface area contributed by atoms with Crippen LogP contribution in [0.4, 0.5) is 0 Å². The van der Waals surface area contributed by atoms with Crippen LogP contribution >= 0.6 is 11.8 Å². The molecule has 0 radical (unpaired) electrons. The lowest BCUT2D eigenvalue weighted by Crippen LogP contribution is -2.23. The molecule has 6 heteroatoms. The average molecular weight is 355 g/mol. The summed E-state index contributed by atoms with van der Waals surface area (Å²) in [5.74, 6) is 0.296. The van der Waals surface area contributed by atoms with Crippen molar-refractivity contribution in [3.63, 3.8) is 0 Å². The van der Waals surface area contributed by atoms with Gasteiger partial charge in [0.05, 0.1) is 16.7 Å². The first-order chi connectivity index (χ1) is 12.0. The molecule has 3 rings (SSSR count). The van der Waals surface area contributed by atoms with Gasteiger partial charge in [0.1, 0.15) is 0 Å². The van der Waals surface area contributed by atoms with Gasteiger partial charge in [0.15, 0.2) is 10.9 Å². The fraction of sp³-hybridized carbons (Fsp3) is 0.316. The van der Waals surface area contributed by atoms with E-state index in [1.807, 2.05) is 45.0 Å². The van der Waals surface area contributed by atoms with E-state index >= 15 is 0 Å². The molecule has 0 amide bonds. The largest absolute Gasteiger partial charge is 0.362 e. The molecular formula is C19H21N3O2S. The molecule has 0 saturated heterocycles. The van der Waals surface area contributed by atoms with Crippen LogP contribution in [0.2, 0.25) is 0 Å². The van der Waals surface area contributed by atoms with Gasteiger partial charge < -0.3 is 4.98 Å². The maximum atomic E-state index is 12.7. The molecule has 25 heavy (non-hydrogen) atoms. The summed E-state index contributed by atoms with van der Waals surface area (Å²) in [4.78, 5) is 33.0. The summed E-state index contributed by atoms with van der Waals surface area (Å²) in [6.45, 7) is 6.44. The highest BCUT2D eigenvalue weighted by atomic mass is 32.2. The highest BCUT2D eigenvalue weighted by Crippen LogP contribution is 2.20. The summed E-state index contributed by atoms with van der Waals surface area (Å²) >= 11 is 1.33. The van der Waals surface area contributed by atoms with Gasteiger partial charge in [0.25, 0.3) is 5.56 Å². The van der Waals surface area contributed by atoms with Crippen molar-refractivity contribution in [2.45, 2.75) is 38.9 Å². The van der Waals surface area contributed by atoms with Crippen LogP contribution in [-0.4, -0.2) is 26.1 Å². The van der Waals surface area contributed by atoms with Gasteiger partial charge in [-0.2, -0.15) is 0 Å². The molecule has 0 aliphatic rings. The van der Waals surface area contributed by atoms with Crippen LogP contribution < -0.4 is 5.56 Å². The van der Waals surface area contributed by atoms with Crippen LogP contribution in [0.15, 0.2) is 40.3 Å². The summed E-state index contributed by atoms with van der Waals surface area (Å²) in [6, 6.07) is 9.20. The highest BCUT2D eigenvalue weighted by molar-refractivity contribution is 7.99. The molecule has 0 unspecified atom stereocenters. The van der Waals surface area contributed by atoms with Crippen LogP contribution in [0.1, 0.15) is 35.1 Å². The summed E-state index contributed by atoms with van der Waals surface area (Å²) in [5.41, 5.74) is 3.17. The number of nitrogens with zero attached hydrogens (tertiary/aromatic N) is 2. The molecule has 0 aliphatic heterocycles. The lowest BCUT2D eigenvalue weighted by atomic mass is 10.2. The van der Waals surface area contributed by atoms with Crippen molar-refractivity contribution in [2.24, 2.45) is 0 Å². The Kier molecular flexibility index (Phi) is 5.08. The van der Waals surface area contributed by atoms with Crippen LogP contribution in [0.25, 0.3) is 10.9 Å². The maximum absolute atomic E-state index is 12.7. The normalized spacial score (nSPS) is 11.2. The summed E-state index contributed by atoms with van der Waals surface area (Å²) < 4.78 is 1.68. The number of fused-ring (bicyclic) bond motifs is 1. The zero-order chi connectivity index (χ0) is 18.0. The monoisotopic (exact) mass is 355 g/mol. The highest BCUT2D eigenvalue weighted by Gasteiger charge is 2.15. The minimum Gasteiger partial charge on any atom is -0.362 e. The van der Waals surface area contributed by atoms with E-state index in [9.17, 15) is 9.59 Å². The maximum Gasteiger partial charge on any atom is 0.262 e. The van der Waals surface area contributed by atoms with Gasteiger partial charge >= 0.3 is 0 Å². The van der Waals surface area contributed by atoms with Crippen molar-refractivity contribution in [2.75, 3.05) is 5.75 Å². The van der Waals surface area contributed by atoms with E-state index in [0.717, 1.165) is 17.8 Å². The third-order valence-corrected chi connectivity index (χ3v) is 5.03. The van der Waals surface area contributed by atoms with Crippen LogP contribution in [0, 0.1) is 13.8 Å². The Morgan fingerprint density at radius 2 is 2.04 bits per heavy atom. The van der Waals surface area contributed by atoms with Gasteiger partial charge in [0.2, 0.25) is 0 Å². The van der Waals surface area contributed by atoms with Crippen LogP contribution in [-0.2, 0) is 6.54 Å². The number of hydrogen-bond acceptors (Lipinski definition) is 4. The SMILES string of the molecule is CCCn1c(SCC(=O)c2cc(C)[nH]c2C)nc2ccccc2c1=O. The van der Waals surface area contributed by atoms with Crippen molar-refractivity contribution in [1.82, 2.24) is 14.5 Å². The Hall–Kier alpha value is -2.34. The van der Waals surface area contributed by atoms with Gasteiger partial charge in [-0.25, -0.2) is 4.98 Å². The first-order valence-electron chi connectivity index (χ1n) is 8.33. The predicted molar refractivity (Wildman–Crippen MR) is 102 cm³/mol. The molecule has 5 nitrogen and oxygen atoms in total. The number of para-hydroxylation sites is 1. The Morgan fingerprint density at radius 3 is 2.72 bits per heavy atom. The van der Waals surface area contributed by atoms with Gasteiger partial charge in [0, 0.05) is 23.5 Å². The zero-order valence-electron chi connectivity index (χ0n) is 14.6. The third kappa shape index (κ3) is 3.54. The quantitative estimate of drug-likeness (QED) is 0.416. The molecule has 2 aromatic heterocycles. The Balaban J connectivity index is 1.92. The molecule has 0 fully saturated rings. The second-order valence-corrected chi connectivity index (χ2v) is 7.01. The Morgan fingerprint density at radius 1 is 1.28 bits per heavy atom. The minimum absolute atomic E-state index is 0.0392. The molecule has 2 heterocycles. The molecule has 0 atom stereocenters. The summed E-state index contributed by atoms with van der Waals surface area (Å²) in [6.07, 6.45) is 0.831. The van der Waals surface area contributed by atoms with Crippen molar-refractivity contribution in [3.05, 3.63) is 57.6 Å². The third-order valence-electron chi connectivity index (χ3n) is 4.06. The first-order valence-corrected chi connectivity index (χ1v) is 9.31. The number of thioether (sulfide) groups is 1. The molecule has 1 N–H and O–H groups in total. The van der Waals surface area contributed by atoms with E-state index in [4.69, 9.17) is 0 Å². The number of nitrogens with one attached hydrogen (secondary N) is 1. The molecule has 1 aromatic carbocycles. The standard InChI is InChI=1S/C19H21N3O2S/c1-4-9-22-18(24)14-7-5-6-8-16(14)21-19(22)25-11-17(23)15-10-12(2)20-13(15)3/h5-8,10,20H,4,9,11H2,1-3H3. The number of rotatable bonds is 6. The lowest BCUT2D eigenvalue weighted by molar-refractivity contribution is 0.102. The number of aromatic amines is 1. The van der Waals surface area contributed by atoms with Crippen LogP contribution in [0.3, 0.4) is 0 Å². The zero-order valence-corrected chi connectivity index (χ0v) is 15.4. The second kappa shape index (κ2) is 7.27. The number of ketones is 1. The van der Waals surface area contributed by atoms with Gasteiger partial charge in [-0.1, -0.05) is 30.8 Å². The van der Waals surface area contributed by atoms with Crippen molar-refractivity contribution in [1.29, 1.82) is 0 Å². The van der Waals surface area contributed by atoms with E-state index in [1.165, 1.54) is 11.8 Å². The van der Waals surface area contributed by atoms with E-state index in [0.29, 0.717) is 28.2 Å². The van der Waals surface area contributed by atoms with E-state index in [2.05, 4.69) is 9.97 Å². The number of Topliss-reactive ketones (excluding diaryl/α,β-unsaturated/α-hetero) is 1. The number of benzene rings is 1. The van der Waals surface area contributed by atoms with E-state index in [1.54, 1.807) is 10.6 Å². The van der Waals surface area contributed by atoms with E-state index < -0.39 is 0 Å². The topological polar surface area (TPSA) is 67.8 Å². The number of carbonyl (C=O) groups is 1. The number of carbonyl (C=O) groups excluding carboxylic acids is 1. The summed E-state index contributed by atoms with van der Waals surface area (Å²) in [7, 11) is 0. The second-order valence-electron chi connectivity index (χ2n) is 6.07. The molecule has 0 spiro atoms. The smallest absolute Gasteiger partial charge is 0.262 e. The fourth-order valence-electron chi connectivity index (χ4n) is 2.90. The summed E-state index contributed by atoms with van der Waals surface area (Å²) in [5, 5.41) is 1.22. The number of H-pyrrole nitrogens is 1. The molecular weight excluding hydrogens is 334 g/mol. The lowest BCUT2D eigenvalue weighted by Gasteiger charge is -2.12. The van der Waals surface area contributed by atoms with Crippen LogP contribution in [0.5, 0.6) is 0 Å². The van der Waals surface area contributed by atoms with Crippen molar-refractivity contribution >= 4 is 28.4 Å². The Labute approximate surface area is 150 Å².